The second kappa shape index (κ2) is 8.08. The van der Waals surface area contributed by atoms with E-state index in [1.165, 1.54) is 35.2 Å². The molecule has 0 radical (unpaired) electrons. The number of benzene rings is 2. The van der Waals surface area contributed by atoms with Gasteiger partial charge in [-0.3, -0.25) is 9.69 Å². The minimum atomic E-state index is -0.303. The number of thioether (sulfide) groups is 1. The maximum Gasteiger partial charge on any atom is 0.266 e. The Hall–Kier alpha value is -2.77. The van der Waals surface area contributed by atoms with E-state index in [4.69, 9.17) is 0 Å². The average Bonchev–Trinajstić information content (AvgIpc) is 3.29. The van der Waals surface area contributed by atoms with Gasteiger partial charge in [0.2, 0.25) is 5.13 Å². The summed E-state index contributed by atoms with van der Waals surface area (Å²) in [6.45, 7) is 2.43. The smallest absolute Gasteiger partial charge is 0.266 e. The van der Waals surface area contributed by atoms with Crippen LogP contribution in [0.1, 0.15) is 12.5 Å². The Morgan fingerprint density at radius 2 is 1.89 bits per heavy atom. The summed E-state index contributed by atoms with van der Waals surface area (Å²) in [4.78, 5) is 24.1. The zero-order valence-electron chi connectivity index (χ0n) is 15.0. The summed E-state index contributed by atoms with van der Waals surface area (Å²) < 4.78 is 13.1. The van der Waals surface area contributed by atoms with Gasteiger partial charge in [0.15, 0.2) is 5.17 Å². The number of carbonyl (C=O) groups is 1. The SMILES string of the molecule is CCN1C(=O)/C(=C/c2ccc(F)cc2)S/C1=N/c1nc(-c2ccccc2)cs1. The molecule has 0 bridgehead atoms. The molecule has 2 heterocycles. The minimum Gasteiger partial charge on any atom is -0.287 e. The summed E-state index contributed by atoms with van der Waals surface area (Å²) in [5.74, 6) is -0.404. The maximum absolute atomic E-state index is 13.1. The van der Waals surface area contributed by atoms with E-state index in [1.807, 2.05) is 42.6 Å². The molecule has 0 atom stereocenters. The number of aromatic nitrogens is 1. The van der Waals surface area contributed by atoms with Gasteiger partial charge in [-0.25, -0.2) is 9.37 Å². The number of likely N-dealkylation sites (N-methyl/N-ethyl adjacent to an activating group) is 1. The lowest BCUT2D eigenvalue weighted by molar-refractivity contribution is -0.122. The van der Waals surface area contributed by atoms with Gasteiger partial charge in [-0.1, -0.05) is 42.5 Å². The number of nitrogens with zero attached hydrogens (tertiary/aromatic N) is 3. The first-order chi connectivity index (χ1) is 13.6. The third-order valence-corrected chi connectivity index (χ3v) is 5.87. The monoisotopic (exact) mass is 409 g/mol. The van der Waals surface area contributed by atoms with Gasteiger partial charge in [0.05, 0.1) is 10.6 Å². The van der Waals surface area contributed by atoms with Crippen LogP contribution < -0.4 is 0 Å². The van der Waals surface area contributed by atoms with Crippen molar-refractivity contribution in [2.45, 2.75) is 6.92 Å². The molecule has 0 unspecified atom stereocenters. The highest BCUT2D eigenvalue weighted by Crippen LogP contribution is 2.35. The van der Waals surface area contributed by atoms with E-state index in [0.717, 1.165) is 16.8 Å². The van der Waals surface area contributed by atoms with Gasteiger partial charge >= 0.3 is 0 Å². The molecule has 1 aromatic heterocycles. The van der Waals surface area contributed by atoms with Crippen LogP contribution in [0, 0.1) is 5.82 Å². The molecule has 3 aromatic rings. The summed E-state index contributed by atoms with van der Waals surface area (Å²) in [6.07, 6.45) is 1.76. The van der Waals surface area contributed by atoms with Gasteiger partial charge in [0.1, 0.15) is 5.82 Å². The van der Waals surface area contributed by atoms with Crippen molar-refractivity contribution in [3.05, 3.63) is 76.3 Å². The minimum absolute atomic E-state index is 0.101. The van der Waals surface area contributed by atoms with Crippen molar-refractivity contribution >= 4 is 45.4 Å². The molecule has 0 N–H and O–H groups in total. The molecule has 4 rings (SSSR count). The highest BCUT2D eigenvalue weighted by molar-refractivity contribution is 8.18. The molecule has 0 aliphatic carbocycles. The summed E-state index contributed by atoms with van der Waals surface area (Å²) in [5.41, 5.74) is 2.67. The van der Waals surface area contributed by atoms with E-state index in [9.17, 15) is 9.18 Å². The number of amides is 1. The Bertz CT molecular complexity index is 1060. The Morgan fingerprint density at radius 1 is 1.14 bits per heavy atom. The lowest BCUT2D eigenvalue weighted by atomic mass is 10.2. The molecule has 0 spiro atoms. The molecule has 28 heavy (non-hydrogen) atoms. The zero-order chi connectivity index (χ0) is 19.5. The molecule has 140 valence electrons. The quantitative estimate of drug-likeness (QED) is 0.529. The first-order valence-corrected chi connectivity index (χ1v) is 10.4. The summed E-state index contributed by atoms with van der Waals surface area (Å²) >= 11 is 2.75. The van der Waals surface area contributed by atoms with Gasteiger partial charge < -0.3 is 0 Å². The molecule has 7 heteroatoms. The van der Waals surface area contributed by atoms with Crippen LogP contribution in [0.3, 0.4) is 0 Å². The third-order valence-electron chi connectivity index (χ3n) is 4.12. The van der Waals surface area contributed by atoms with Crippen molar-refractivity contribution in [3.63, 3.8) is 0 Å². The number of hydrogen-bond acceptors (Lipinski definition) is 5. The van der Waals surface area contributed by atoms with E-state index in [0.29, 0.717) is 21.7 Å². The fourth-order valence-corrected chi connectivity index (χ4v) is 4.52. The van der Waals surface area contributed by atoms with Crippen LogP contribution in [0.15, 0.2) is 69.9 Å². The molecule has 1 aliphatic heterocycles. The number of halogens is 1. The van der Waals surface area contributed by atoms with Crippen molar-refractivity contribution in [2.24, 2.45) is 4.99 Å². The standard InChI is InChI=1S/C21H16FN3OS2/c1-2-25-19(26)18(12-14-8-10-16(22)11-9-14)28-21(25)24-20-23-17(13-27-20)15-6-4-3-5-7-15/h3-13H,2H2,1H3/b18-12-,24-21+. The number of aliphatic imine (C=N–C) groups is 1. The van der Waals surface area contributed by atoms with Crippen LogP contribution in [-0.2, 0) is 4.79 Å². The van der Waals surface area contributed by atoms with Crippen LogP contribution >= 0.6 is 23.1 Å². The summed E-state index contributed by atoms with van der Waals surface area (Å²) in [6, 6.07) is 16.0. The van der Waals surface area contributed by atoms with Crippen molar-refractivity contribution < 1.29 is 9.18 Å². The Balaban J connectivity index is 1.61. The highest BCUT2D eigenvalue weighted by atomic mass is 32.2. The van der Waals surface area contributed by atoms with Gasteiger partial charge in [-0.05, 0) is 42.5 Å². The number of hydrogen-bond donors (Lipinski definition) is 0. The van der Waals surface area contributed by atoms with Crippen LogP contribution in [0.4, 0.5) is 9.52 Å². The Labute approximate surface area is 170 Å². The molecule has 1 aliphatic rings. The normalized spacial score (nSPS) is 17.1. The van der Waals surface area contributed by atoms with E-state index in [1.54, 1.807) is 23.1 Å². The second-order valence-electron chi connectivity index (χ2n) is 5.99. The van der Waals surface area contributed by atoms with E-state index < -0.39 is 0 Å². The fourth-order valence-electron chi connectivity index (χ4n) is 2.72. The summed E-state index contributed by atoms with van der Waals surface area (Å²) in [5, 5.41) is 3.17. The molecule has 4 nitrogen and oxygen atoms in total. The van der Waals surface area contributed by atoms with Crippen molar-refractivity contribution in [1.29, 1.82) is 0 Å². The van der Waals surface area contributed by atoms with Crippen LogP contribution in [0.5, 0.6) is 0 Å². The Kier molecular flexibility index (Phi) is 5.36. The van der Waals surface area contributed by atoms with Crippen molar-refractivity contribution in [1.82, 2.24) is 9.88 Å². The number of carbonyl (C=O) groups excluding carboxylic acids is 1. The topological polar surface area (TPSA) is 45.6 Å². The van der Waals surface area contributed by atoms with E-state index in [-0.39, 0.29) is 11.7 Å². The van der Waals surface area contributed by atoms with Crippen molar-refractivity contribution in [2.75, 3.05) is 6.54 Å². The largest absolute Gasteiger partial charge is 0.287 e. The second-order valence-corrected chi connectivity index (χ2v) is 7.83. The molecule has 1 saturated heterocycles. The predicted octanol–water partition coefficient (Wildman–Crippen LogP) is 5.57. The van der Waals surface area contributed by atoms with Crippen LogP contribution in [0.2, 0.25) is 0 Å². The van der Waals surface area contributed by atoms with Gasteiger partial charge in [-0.2, -0.15) is 4.99 Å². The van der Waals surface area contributed by atoms with Gasteiger partial charge in [0.25, 0.3) is 5.91 Å². The zero-order valence-corrected chi connectivity index (χ0v) is 16.6. The highest BCUT2D eigenvalue weighted by Gasteiger charge is 2.32. The van der Waals surface area contributed by atoms with Gasteiger partial charge in [-0.15, -0.1) is 11.3 Å². The molecule has 0 saturated carbocycles. The predicted molar refractivity (Wildman–Crippen MR) is 114 cm³/mol. The van der Waals surface area contributed by atoms with Crippen molar-refractivity contribution in [3.8, 4) is 11.3 Å². The number of rotatable bonds is 4. The number of thiazole rings is 1. The van der Waals surface area contributed by atoms with Crippen LogP contribution in [-0.4, -0.2) is 27.5 Å². The maximum atomic E-state index is 13.1. The van der Waals surface area contributed by atoms with E-state index in [2.05, 4.69) is 9.98 Å². The van der Waals surface area contributed by atoms with E-state index >= 15 is 0 Å². The molecule has 1 fully saturated rings. The molecular formula is C21H16FN3OS2. The lowest BCUT2D eigenvalue weighted by Gasteiger charge is -2.11. The van der Waals surface area contributed by atoms with Gasteiger partial charge in [0, 0.05) is 17.5 Å². The first-order valence-electron chi connectivity index (χ1n) is 8.70. The molecule has 1 amide bonds. The molecular weight excluding hydrogens is 393 g/mol. The first kappa shape index (κ1) is 18.6. The third kappa shape index (κ3) is 3.90. The number of amidine groups is 1. The summed E-state index contributed by atoms with van der Waals surface area (Å²) in [7, 11) is 0. The Morgan fingerprint density at radius 3 is 2.61 bits per heavy atom. The fraction of sp³-hybridized carbons (Fsp3) is 0.0952. The molecule has 2 aromatic carbocycles. The van der Waals surface area contributed by atoms with Crippen LogP contribution in [0.25, 0.3) is 17.3 Å². The lowest BCUT2D eigenvalue weighted by Crippen LogP contribution is -2.28. The average molecular weight is 410 g/mol.